The highest BCUT2D eigenvalue weighted by Crippen LogP contribution is 2.32. The molecule has 18 heavy (non-hydrogen) atoms. The Morgan fingerprint density at radius 1 is 1.22 bits per heavy atom. The fourth-order valence-electron chi connectivity index (χ4n) is 1.66. The summed E-state index contributed by atoms with van der Waals surface area (Å²) in [6.07, 6.45) is 0. The highest BCUT2D eigenvalue weighted by molar-refractivity contribution is 5.41. The Labute approximate surface area is 110 Å². The van der Waals surface area contributed by atoms with Crippen molar-refractivity contribution in [2.75, 3.05) is 13.2 Å². The molecular weight excluding hydrogens is 226 g/mol. The minimum atomic E-state index is -0.987. The van der Waals surface area contributed by atoms with Crippen molar-refractivity contribution in [3.05, 3.63) is 29.3 Å². The van der Waals surface area contributed by atoms with Gasteiger partial charge in [-0.3, -0.25) is 0 Å². The summed E-state index contributed by atoms with van der Waals surface area (Å²) in [5.74, 6) is 0.830. The first-order valence-electron chi connectivity index (χ1n) is 6.32. The Kier molecular flexibility index (Phi) is 4.41. The third kappa shape index (κ3) is 4.00. The smallest absolute Gasteiger partial charge is 0.123 e. The Bertz CT molecular complexity index is 405. The second kappa shape index (κ2) is 5.29. The fourth-order valence-corrected chi connectivity index (χ4v) is 1.66. The molecule has 1 rings (SSSR count). The molecule has 3 N–H and O–H groups in total. The molecule has 0 aromatic heterocycles. The number of hydrogen-bond donors (Lipinski definition) is 2. The van der Waals surface area contributed by atoms with E-state index in [1.54, 1.807) is 6.92 Å². The Balaban J connectivity index is 2.97. The van der Waals surface area contributed by atoms with E-state index in [9.17, 15) is 5.11 Å². The summed E-state index contributed by atoms with van der Waals surface area (Å²) >= 11 is 0. The Hall–Kier alpha value is -1.06. The van der Waals surface area contributed by atoms with E-state index in [2.05, 4.69) is 32.9 Å². The van der Waals surface area contributed by atoms with Gasteiger partial charge in [0.2, 0.25) is 0 Å². The minimum absolute atomic E-state index is 0.0115. The second-order valence-corrected chi connectivity index (χ2v) is 6.24. The zero-order valence-electron chi connectivity index (χ0n) is 12.1. The second-order valence-electron chi connectivity index (χ2n) is 6.24. The molecule has 0 bridgehead atoms. The SMILES string of the molecule is Cc1ccc(C(C)(C)C)c(OCC(C)(O)CN)c1. The summed E-state index contributed by atoms with van der Waals surface area (Å²) in [6.45, 7) is 10.5. The van der Waals surface area contributed by atoms with Gasteiger partial charge in [0.15, 0.2) is 0 Å². The summed E-state index contributed by atoms with van der Waals surface area (Å²) in [4.78, 5) is 0. The van der Waals surface area contributed by atoms with Crippen LogP contribution in [0.4, 0.5) is 0 Å². The van der Waals surface area contributed by atoms with Crippen LogP contribution in [0.25, 0.3) is 0 Å². The van der Waals surface area contributed by atoms with Crippen LogP contribution in [0.2, 0.25) is 0 Å². The molecule has 1 atom stereocenters. The molecule has 0 saturated carbocycles. The van der Waals surface area contributed by atoms with Crippen LogP contribution in [0.1, 0.15) is 38.8 Å². The summed E-state index contributed by atoms with van der Waals surface area (Å²) < 4.78 is 5.77. The summed E-state index contributed by atoms with van der Waals surface area (Å²) in [5, 5.41) is 9.90. The van der Waals surface area contributed by atoms with Crippen LogP contribution in [0, 0.1) is 6.92 Å². The number of ether oxygens (including phenoxy) is 1. The average Bonchev–Trinajstić information content (AvgIpc) is 2.25. The van der Waals surface area contributed by atoms with Crippen LogP contribution < -0.4 is 10.5 Å². The molecular formula is C15H25NO2. The highest BCUT2D eigenvalue weighted by atomic mass is 16.5. The van der Waals surface area contributed by atoms with E-state index in [1.165, 1.54) is 0 Å². The van der Waals surface area contributed by atoms with Crippen molar-refractivity contribution in [2.24, 2.45) is 5.73 Å². The lowest BCUT2D eigenvalue weighted by atomic mass is 9.86. The zero-order chi connectivity index (χ0) is 14.0. The molecule has 1 aromatic rings. The van der Waals surface area contributed by atoms with Gasteiger partial charge in [0.1, 0.15) is 18.0 Å². The van der Waals surface area contributed by atoms with Gasteiger partial charge < -0.3 is 15.6 Å². The van der Waals surface area contributed by atoms with Gasteiger partial charge in [-0.15, -0.1) is 0 Å². The fraction of sp³-hybridized carbons (Fsp3) is 0.600. The maximum absolute atomic E-state index is 9.90. The van der Waals surface area contributed by atoms with E-state index in [-0.39, 0.29) is 18.6 Å². The van der Waals surface area contributed by atoms with Gasteiger partial charge in [-0.1, -0.05) is 32.9 Å². The maximum atomic E-state index is 9.90. The molecule has 1 unspecified atom stereocenters. The lowest BCUT2D eigenvalue weighted by molar-refractivity contribution is 0.0189. The molecule has 0 aliphatic heterocycles. The van der Waals surface area contributed by atoms with E-state index in [4.69, 9.17) is 10.5 Å². The molecule has 0 amide bonds. The molecule has 3 nitrogen and oxygen atoms in total. The lowest BCUT2D eigenvalue weighted by Gasteiger charge is -2.26. The number of aryl methyl sites for hydroxylation is 1. The predicted octanol–water partition coefficient (Wildman–Crippen LogP) is 2.38. The van der Waals surface area contributed by atoms with Gasteiger partial charge >= 0.3 is 0 Å². The van der Waals surface area contributed by atoms with Crippen LogP contribution in [-0.4, -0.2) is 23.9 Å². The highest BCUT2D eigenvalue weighted by Gasteiger charge is 2.23. The zero-order valence-corrected chi connectivity index (χ0v) is 12.1. The third-order valence-corrected chi connectivity index (χ3v) is 2.92. The molecule has 0 fully saturated rings. The molecule has 3 heteroatoms. The van der Waals surface area contributed by atoms with E-state index < -0.39 is 5.60 Å². The molecule has 0 aliphatic carbocycles. The van der Waals surface area contributed by atoms with Crippen molar-refractivity contribution in [1.82, 2.24) is 0 Å². The van der Waals surface area contributed by atoms with E-state index in [1.807, 2.05) is 13.0 Å². The quantitative estimate of drug-likeness (QED) is 0.864. The monoisotopic (exact) mass is 251 g/mol. The van der Waals surface area contributed by atoms with Crippen molar-refractivity contribution in [2.45, 2.75) is 45.6 Å². The van der Waals surface area contributed by atoms with Crippen molar-refractivity contribution in [3.63, 3.8) is 0 Å². The van der Waals surface area contributed by atoms with Crippen LogP contribution in [-0.2, 0) is 5.41 Å². The van der Waals surface area contributed by atoms with Crippen molar-refractivity contribution in [1.29, 1.82) is 0 Å². The lowest BCUT2D eigenvalue weighted by Crippen LogP contribution is -2.40. The van der Waals surface area contributed by atoms with E-state index in [0.717, 1.165) is 16.9 Å². The van der Waals surface area contributed by atoms with Gasteiger partial charge in [-0.25, -0.2) is 0 Å². The van der Waals surface area contributed by atoms with Crippen molar-refractivity contribution < 1.29 is 9.84 Å². The van der Waals surface area contributed by atoms with Crippen LogP contribution in [0.15, 0.2) is 18.2 Å². The van der Waals surface area contributed by atoms with Crippen LogP contribution in [0.5, 0.6) is 5.75 Å². The minimum Gasteiger partial charge on any atom is -0.490 e. The van der Waals surface area contributed by atoms with Gasteiger partial charge in [-0.2, -0.15) is 0 Å². The first kappa shape index (κ1) is 15.0. The van der Waals surface area contributed by atoms with Crippen molar-refractivity contribution in [3.8, 4) is 5.75 Å². The predicted molar refractivity (Wildman–Crippen MR) is 75.1 cm³/mol. The number of hydrogen-bond acceptors (Lipinski definition) is 3. The number of nitrogens with two attached hydrogens (primary N) is 1. The molecule has 1 aromatic carbocycles. The summed E-state index contributed by atoms with van der Waals surface area (Å²) in [7, 11) is 0. The standard InChI is InChI=1S/C15H25NO2/c1-11-6-7-12(14(2,3)4)13(8-11)18-10-15(5,17)9-16/h6-8,17H,9-10,16H2,1-5H3. The largest absolute Gasteiger partial charge is 0.490 e. The number of benzene rings is 1. The normalized spacial score (nSPS) is 15.3. The van der Waals surface area contributed by atoms with E-state index in [0.29, 0.717) is 0 Å². The number of aliphatic hydroxyl groups is 1. The summed E-state index contributed by atoms with van der Waals surface area (Å²) in [5.41, 5.74) is 6.80. The number of rotatable bonds is 4. The molecule has 0 radical (unpaired) electrons. The van der Waals surface area contributed by atoms with Gasteiger partial charge in [0.05, 0.1) is 0 Å². The van der Waals surface area contributed by atoms with Crippen LogP contribution in [0.3, 0.4) is 0 Å². The average molecular weight is 251 g/mol. The van der Waals surface area contributed by atoms with Gasteiger partial charge in [-0.05, 0) is 36.5 Å². The molecule has 102 valence electrons. The maximum Gasteiger partial charge on any atom is 0.123 e. The summed E-state index contributed by atoms with van der Waals surface area (Å²) in [6, 6.07) is 6.17. The van der Waals surface area contributed by atoms with Crippen LogP contribution >= 0.6 is 0 Å². The molecule has 0 aliphatic rings. The van der Waals surface area contributed by atoms with E-state index >= 15 is 0 Å². The molecule has 0 saturated heterocycles. The molecule has 0 heterocycles. The molecule has 0 spiro atoms. The first-order valence-corrected chi connectivity index (χ1v) is 6.32. The third-order valence-electron chi connectivity index (χ3n) is 2.92. The van der Waals surface area contributed by atoms with Crippen molar-refractivity contribution >= 4 is 0 Å². The Morgan fingerprint density at radius 2 is 1.83 bits per heavy atom. The Morgan fingerprint density at radius 3 is 2.33 bits per heavy atom. The topological polar surface area (TPSA) is 55.5 Å². The van der Waals surface area contributed by atoms with Gasteiger partial charge in [0.25, 0.3) is 0 Å². The first-order chi connectivity index (χ1) is 8.15. The van der Waals surface area contributed by atoms with Gasteiger partial charge in [0, 0.05) is 6.54 Å².